The van der Waals surface area contributed by atoms with Crippen molar-refractivity contribution in [2.45, 2.75) is 31.7 Å². The number of thiocarbonyl (C=S) groups is 1. The number of rotatable bonds is 1. The van der Waals surface area contributed by atoms with E-state index in [4.69, 9.17) is 17.0 Å². The van der Waals surface area contributed by atoms with Crippen molar-refractivity contribution in [3.05, 3.63) is 0 Å². The molecule has 2 rings (SSSR count). The number of likely N-dealkylation sites (tertiary alicyclic amines) is 1. The van der Waals surface area contributed by atoms with E-state index < -0.39 is 0 Å². The van der Waals surface area contributed by atoms with Crippen LogP contribution in [0.3, 0.4) is 0 Å². The Labute approximate surface area is 90.8 Å². The molecule has 14 heavy (non-hydrogen) atoms. The van der Waals surface area contributed by atoms with Crippen LogP contribution in [-0.2, 0) is 4.74 Å². The Morgan fingerprint density at radius 2 is 2.43 bits per heavy atom. The first-order valence-corrected chi connectivity index (χ1v) is 5.82. The molecule has 2 aliphatic heterocycles. The highest BCUT2D eigenvalue weighted by molar-refractivity contribution is 7.80. The Bertz CT molecular complexity index is 221. The minimum Gasteiger partial charge on any atom is -0.379 e. The predicted molar refractivity (Wildman–Crippen MR) is 60.4 cm³/mol. The highest BCUT2D eigenvalue weighted by Crippen LogP contribution is 2.36. The lowest BCUT2D eigenvalue weighted by atomic mass is 9.96. The van der Waals surface area contributed by atoms with Crippen LogP contribution in [0, 0.1) is 0 Å². The molecular weight excluding hydrogens is 196 g/mol. The first kappa shape index (κ1) is 10.2. The van der Waals surface area contributed by atoms with E-state index in [1.807, 2.05) is 0 Å². The first-order chi connectivity index (χ1) is 6.78. The molecule has 1 N–H and O–H groups in total. The Hall–Kier alpha value is -0.350. The van der Waals surface area contributed by atoms with Crippen LogP contribution in [0.25, 0.3) is 0 Å². The zero-order valence-electron chi connectivity index (χ0n) is 8.71. The van der Waals surface area contributed by atoms with Gasteiger partial charge in [-0.3, -0.25) is 0 Å². The van der Waals surface area contributed by atoms with Crippen molar-refractivity contribution in [1.82, 2.24) is 10.2 Å². The molecule has 4 heteroatoms. The predicted octanol–water partition coefficient (Wildman–Crippen LogP) is 1.14. The van der Waals surface area contributed by atoms with Crippen molar-refractivity contribution < 1.29 is 4.74 Å². The van der Waals surface area contributed by atoms with Gasteiger partial charge >= 0.3 is 0 Å². The molecule has 2 fully saturated rings. The molecular formula is C10H18N2OS. The Kier molecular flexibility index (Phi) is 2.93. The van der Waals surface area contributed by atoms with Crippen molar-refractivity contribution in [1.29, 1.82) is 0 Å². The fraction of sp³-hybridized carbons (Fsp3) is 0.900. The minimum atomic E-state index is 0.235. The van der Waals surface area contributed by atoms with Crippen molar-refractivity contribution >= 4 is 17.3 Å². The van der Waals surface area contributed by atoms with Gasteiger partial charge in [-0.2, -0.15) is 0 Å². The van der Waals surface area contributed by atoms with Crippen LogP contribution in [0.15, 0.2) is 0 Å². The van der Waals surface area contributed by atoms with Crippen LogP contribution in [0.1, 0.15) is 26.2 Å². The fourth-order valence-corrected chi connectivity index (χ4v) is 2.94. The molecule has 2 saturated heterocycles. The topological polar surface area (TPSA) is 24.5 Å². The normalized spacial score (nSPS) is 31.4. The molecule has 0 radical (unpaired) electrons. The summed E-state index contributed by atoms with van der Waals surface area (Å²) in [7, 11) is 0. The highest BCUT2D eigenvalue weighted by atomic mass is 32.1. The third-order valence-corrected chi connectivity index (χ3v) is 3.62. The largest absolute Gasteiger partial charge is 0.379 e. The second-order valence-electron chi connectivity index (χ2n) is 4.12. The maximum atomic E-state index is 5.51. The van der Waals surface area contributed by atoms with E-state index in [1.165, 1.54) is 12.8 Å². The third kappa shape index (κ3) is 1.61. The van der Waals surface area contributed by atoms with Gasteiger partial charge in [0.1, 0.15) is 0 Å². The van der Waals surface area contributed by atoms with E-state index in [9.17, 15) is 0 Å². The minimum absolute atomic E-state index is 0.235. The van der Waals surface area contributed by atoms with Gasteiger partial charge in [-0.1, -0.05) is 0 Å². The summed E-state index contributed by atoms with van der Waals surface area (Å²) < 4.78 is 5.51. The van der Waals surface area contributed by atoms with Crippen LogP contribution in [-0.4, -0.2) is 41.9 Å². The molecule has 2 aliphatic rings. The number of nitrogens with one attached hydrogen (secondary N) is 1. The average Bonchev–Trinajstić information content (AvgIpc) is 2.78. The summed E-state index contributed by atoms with van der Waals surface area (Å²) in [6, 6.07) is 0. The lowest BCUT2D eigenvalue weighted by Gasteiger charge is -2.35. The number of hydrogen-bond acceptors (Lipinski definition) is 2. The molecule has 0 bridgehead atoms. The molecule has 0 aromatic rings. The SMILES string of the molecule is CCNC(=S)N1CCCC12CCOC2. The Morgan fingerprint density at radius 1 is 1.57 bits per heavy atom. The second-order valence-corrected chi connectivity index (χ2v) is 4.50. The standard InChI is InChI=1S/C10H18N2OS/c1-2-11-9(14)12-6-3-4-10(12)5-7-13-8-10/h2-8H2,1H3,(H,11,14). The molecule has 1 spiro atoms. The van der Waals surface area contributed by atoms with Gasteiger partial charge in [0.05, 0.1) is 12.1 Å². The van der Waals surface area contributed by atoms with Gasteiger partial charge in [-0.25, -0.2) is 0 Å². The monoisotopic (exact) mass is 214 g/mol. The molecule has 80 valence electrons. The molecule has 0 amide bonds. The number of ether oxygens (including phenoxy) is 1. The Balaban J connectivity index is 2.06. The van der Waals surface area contributed by atoms with E-state index in [1.54, 1.807) is 0 Å². The lowest BCUT2D eigenvalue weighted by Crippen LogP contribution is -2.51. The van der Waals surface area contributed by atoms with Crippen LogP contribution in [0.5, 0.6) is 0 Å². The highest BCUT2D eigenvalue weighted by Gasteiger charge is 2.44. The molecule has 1 unspecified atom stereocenters. The van der Waals surface area contributed by atoms with Gasteiger partial charge < -0.3 is 15.0 Å². The van der Waals surface area contributed by atoms with Gasteiger partial charge in [0.2, 0.25) is 0 Å². The number of nitrogens with zero attached hydrogens (tertiary/aromatic N) is 1. The molecule has 0 saturated carbocycles. The summed E-state index contributed by atoms with van der Waals surface area (Å²) in [5.41, 5.74) is 0.235. The van der Waals surface area contributed by atoms with Gasteiger partial charge in [-0.15, -0.1) is 0 Å². The summed E-state index contributed by atoms with van der Waals surface area (Å²) in [5, 5.41) is 4.15. The van der Waals surface area contributed by atoms with Gasteiger partial charge in [0.25, 0.3) is 0 Å². The smallest absolute Gasteiger partial charge is 0.169 e. The molecule has 1 atom stereocenters. The fourth-order valence-electron chi connectivity index (χ4n) is 2.51. The van der Waals surface area contributed by atoms with E-state index in [-0.39, 0.29) is 5.54 Å². The maximum Gasteiger partial charge on any atom is 0.169 e. The van der Waals surface area contributed by atoms with E-state index in [0.717, 1.165) is 37.8 Å². The van der Waals surface area contributed by atoms with Crippen molar-refractivity contribution in [3.8, 4) is 0 Å². The van der Waals surface area contributed by atoms with Gasteiger partial charge in [0, 0.05) is 19.7 Å². The average molecular weight is 214 g/mol. The molecule has 2 heterocycles. The summed E-state index contributed by atoms with van der Waals surface area (Å²) >= 11 is 5.38. The van der Waals surface area contributed by atoms with Crippen molar-refractivity contribution in [2.24, 2.45) is 0 Å². The zero-order chi connectivity index (χ0) is 10.0. The second kappa shape index (κ2) is 4.03. The quantitative estimate of drug-likeness (QED) is 0.662. The summed E-state index contributed by atoms with van der Waals surface area (Å²) in [5.74, 6) is 0. The van der Waals surface area contributed by atoms with E-state index in [2.05, 4.69) is 17.1 Å². The van der Waals surface area contributed by atoms with Crippen LogP contribution in [0.4, 0.5) is 0 Å². The number of hydrogen-bond donors (Lipinski definition) is 1. The summed E-state index contributed by atoms with van der Waals surface area (Å²) in [6.45, 7) is 5.84. The zero-order valence-corrected chi connectivity index (χ0v) is 9.53. The van der Waals surface area contributed by atoms with Crippen molar-refractivity contribution in [2.75, 3.05) is 26.3 Å². The van der Waals surface area contributed by atoms with E-state index in [0.29, 0.717) is 0 Å². The molecule has 0 aromatic carbocycles. The molecule has 0 aliphatic carbocycles. The van der Waals surface area contributed by atoms with E-state index >= 15 is 0 Å². The van der Waals surface area contributed by atoms with Crippen LogP contribution in [0.2, 0.25) is 0 Å². The van der Waals surface area contributed by atoms with Gasteiger partial charge in [-0.05, 0) is 38.4 Å². The summed E-state index contributed by atoms with van der Waals surface area (Å²) in [6.07, 6.45) is 3.62. The van der Waals surface area contributed by atoms with Crippen LogP contribution >= 0.6 is 12.2 Å². The van der Waals surface area contributed by atoms with Crippen molar-refractivity contribution in [3.63, 3.8) is 0 Å². The lowest BCUT2D eigenvalue weighted by molar-refractivity contribution is 0.142. The maximum absolute atomic E-state index is 5.51. The molecule has 0 aromatic heterocycles. The van der Waals surface area contributed by atoms with Gasteiger partial charge in [0.15, 0.2) is 5.11 Å². The first-order valence-electron chi connectivity index (χ1n) is 5.42. The van der Waals surface area contributed by atoms with Crippen LogP contribution < -0.4 is 5.32 Å². The molecule has 3 nitrogen and oxygen atoms in total. The summed E-state index contributed by atoms with van der Waals surface area (Å²) in [4.78, 5) is 2.35. The third-order valence-electron chi connectivity index (χ3n) is 3.25. The Morgan fingerprint density at radius 3 is 3.07 bits per heavy atom.